The third-order valence-corrected chi connectivity index (χ3v) is 5.36. The van der Waals surface area contributed by atoms with E-state index in [9.17, 15) is 4.79 Å². The van der Waals surface area contributed by atoms with Gasteiger partial charge in [0.25, 0.3) is 0 Å². The largest absolute Gasteiger partial charge is 0.331 e. The van der Waals surface area contributed by atoms with Crippen LogP contribution in [0.1, 0.15) is 5.56 Å². The van der Waals surface area contributed by atoms with E-state index in [1.807, 2.05) is 49.4 Å². The number of anilines is 1. The van der Waals surface area contributed by atoms with Crippen molar-refractivity contribution in [1.82, 2.24) is 15.8 Å². The number of pyridine rings is 1. The van der Waals surface area contributed by atoms with E-state index in [0.717, 1.165) is 27.0 Å². The minimum Gasteiger partial charge on any atom is -0.331 e. The summed E-state index contributed by atoms with van der Waals surface area (Å²) in [5.74, 6) is 0.0424. The normalized spacial score (nSPS) is 10.4. The lowest BCUT2D eigenvalue weighted by molar-refractivity contribution is -0.119. The first-order chi connectivity index (χ1) is 13.0. The van der Waals surface area contributed by atoms with Gasteiger partial charge in [0.15, 0.2) is 5.11 Å². The van der Waals surface area contributed by atoms with E-state index in [-0.39, 0.29) is 16.8 Å². The van der Waals surface area contributed by atoms with Crippen molar-refractivity contribution in [2.24, 2.45) is 0 Å². The Morgan fingerprint density at radius 3 is 2.81 bits per heavy atom. The van der Waals surface area contributed by atoms with Crippen LogP contribution < -0.4 is 16.2 Å². The average molecular weight is 417 g/mol. The van der Waals surface area contributed by atoms with Crippen LogP contribution in [0.4, 0.5) is 5.69 Å². The van der Waals surface area contributed by atoms with Crippen LogP contribution in [-0.4, -0.2) is 21.8 Å². The molecule has 0 aliphatic rings. The standard InChI is InChI=1S/C19H17ClN4OS2/c1-12-7-8-14(10-15(12)20)22-19(26)24-23-17(25)11-27-16-6-2-4-13-5-3-9-21-18(13)16/h2-10H,11H2,1H3,(H,23,25)(H2,22,24,26). The van der Waals surface area contributed by atoms with Crippen molar-refractivity contribution in [2.45, 2.75) is 11.8 Å². The zero-order chi connectivity index (χ0) is 19.2. The first-order valence-electron chi connectivity index (χ1n) is 8.11. The van der Waals surface area contributed by atoms with Crippen molar-refractivity contribution in [3.8, 4) is 0 Å². The van der Waals surface area contributed by atoms with E-state index in [0.29, 0.717) is 5.02 Å². The highest BCUT2D eigenvalue weighted by molar-refractivity contribution is 8.00. The highest BCUT2D eigenvalue weighted by Crippen LogP contribution is 2.25. The molecule has 1 heterocycles. The molecule has 27 heavy (non-hydrogen) atoms. The number of para-hydroxylation sites is 1. The molecular weight excluding hydrogens is 400 g/mol. The summed E-state index contributed by atoms with van der Waals surface area (Å²) in [5.41, 5.74) is 7.88. The fourth-order valence-electron chi connectivity index (χ4n) is 2.33. The van der Waals surface area contributed by atoms with Gasteiger partial charge in [0.2, 0.25) is 5.91 Å². The summed E-state index contributed by atoms with van der Waals surface area (Å²) in [4.78, 5) is 17.4. The second kappa shape index (κ2) is 9.03. The Bertz CT molecular complexity index is 991. The van der Waals surface area contributed by atoms with Crippen LogP contribution in [0.25, 0.3) is 10.9 Å². The highest BCUT2D eigenvalue weighted by atomic mass is 35.5. The number of thiocarbonyl (C=S) groups is 1. The van der Waals surface area contributed by atoms with Gasteiger partial charge in [-0.25, -0.2) is 0 Å². The molecule has 8 heteroatoms. The molecule has 2 aromatic carbocycles. The fraction of sp³-hybridized carbons (Fsp3) is 0.105. The molecule has 0 radical (unpaired) electrons. The summed E-state index contributed by atoms with van der Waals surface area (Å²) in [7, 11) is 0. The lowest BCUT2D eigenvalue weighted by Gasteiger charge is -2.12. The summed E-state index contributed by atoms with van der Waals surface area (Å²) in [6.07, 6.45) is 1.75. The van der Waals surface area contributed by atoms with E-state index in [1.165, 1.54) is 11.8 Å². The summed E-state index contributed by atoms with van der Waals surface area (Å²) >= 11 is 12.7. The van der Waals surface area contributed by atoms with Gasteiger partial charge in [-0.2, -0.15) is 0 Å². The van der Waals surface area contributed by atoms with Crippen LogP contribution in [0.3, 0.4) is 0 Å². The molecule has 0 aliphatic carbocycles. The Morgan fingerprint density at radius 1 is 1.19 bits per heavy atom. The van der Waals surface area contributed by atoms with Crippen LogP contribution in [0.15, 0.2) is 59.6 Å². The highest BCUT2D eigenvalue weighted by Gasteiger charge is 2.07. The fourth-order valence-corrected chi connectivity index (χ4v) is 3.52. The first-order valence-corrected chi connectivity index (χ1v) is 9.88. The van der Waals surface area contributed by atoms with Crippen molar-refractivity contribution in [3.63, 3.8) is 0 Å². The number of rotatable bonds is 4. The maximum absolute atomic E-state index is 12.1. The van der Waals surface area contributed by atoms with Crippen LogP contribution in [0.5, 0.6) is 0 Å². The monoisotopic (exact) mass is 416 g/mol. The molecular formula is C19H17ClN4OS2. The number of carbonyl (C=O) groups is 1. The number of aromatic nitrogens is 1. The van der Waals surface area contributed by atoms with Gasteiger partial charge in [0, 0.05) is 27.2 Å². The number of aryl methyl sites for hydroxylation is 1. The van der Waals surface area contributed by atoms with Crippen molar-refractivity contribution < 1.29 is 4.79 Å². The molecule has 0 atom stereocenters. The molecule has 1 amide bonds. The molecule has 3 aromatic rings. The van der Waals surface area contributed by atoms with Crippen LogP contribution in [0.2, 0.25) is 5.02 Å². The van der Waals surface area contributed by atoms with E-state index in [1.54, 1.807) is 12.3 Å². The number of hydrogen-bond acceptors (Lipinski definition) is 4. The maximum Gasteiger partial charge on any atom is 0.248 e. The van der Waals surface area contributed by atoms with E-state index in [4.69, 9.17) is 23.8 Å². The number of fused-ring (bicyclic) bond motifs is 1. The summed E-state index contributed by atoms with van der Waals surface area (Å²) in [6, 6.07) is 15.3. The number of thioether (sulfide) groups is 1. The zero-order valence-electron chi connectivity index (χ0n) is 14.5. The second-order valence-electron chi connectivity index (χ2n) is 5.71. The number of halogens is 1. The molecule has 5 nitrogen and oxygen atoms in total. The third-order valence-electron chi connectivity index (χ3n) is 3.70. The van der Waals surface area contributed by atoms with Crippen LogP contribution in [0, 0.1) is 6.92 Å². The summed E-state index contributed by atoms with van der Waals surface area (Å²) in [5, 5.41) is 4.94. The molecule has 3 N–H and O–H groups in total. The van der Waals surface area contributed by atoms with E-state index < -0.39 is 0 Å². The minimum atomic E-state index is -0.195. The number of amides is 1. The van der Waals surface area contributed by atoms with Gasteiger partial charge >= 0.3 is 0 Å². The van der Waals surface area contributed by atoms with Gasteiger partial charge in [-0.1, -0.05) is 35.9 Å². The number of hydrogen-bond donors (Lipinski definition) is 3. The lowest BCUT2D eigenvalue weighted by Crippen LogP contribution is -2.44. The Labute approximate surface area is 171 Å². The van der Waals surface area contributed by atoms with Crippen molar-refractivity contribution >= 4 is 63.2 Å². The van der Waals surface area contributed by atoms with Crippen LogP contribution >= 0.6 is 35.6 Å². The summed E-state index contributed by atoms with van der Waals surface area (Å²) < 4.78 is 0. The molecule has 0 unspecified atom stereocenters. The lowest BCUT2D eigenvalue weighted by atomic mass is 10.2. The second-order valence-corrected chi connectivity index (χ2v) is 7.54. The predicted octanol–water partition coefficient (Wildman–Crippen LogP) is 4.31. The molecule has 0 fully saturated rings. The molecule has 138 valence electrons. The number of benzene rings is 2. The molecule has 1 aromatic heterocycles. The van der Waals surface area contributed by atoms with Gasteiger partial charge in [-0.05, 0) is 49.0 Å². The molecule has 0 spiro atoms. The van der Waals surface area contributed by atoms with E-state index in [2.05, 4.69) is 21.2 Å². The predicted molar refractivity (Wildman–Crippen MR) is 116 cm³/mol. The van der Waals surface area contributed by atoms with Crippen molar-refractivity contribution in [3.05, 3.63) is 65.3 Å². The molecule has 0 aliphatic heterocycles. The Kier molecular flexibility index (Phi) is 6.49. The number of nitrogens with zero attached hydrogens (tertiary/aromatic N) is 1. The molecule has 0 saturated carbocycles. The first kappa shape index (κ1) is 19.4. The minimum absolute atomic E-state index is 0.195. The SMILES string of the molecule is Cc1ccc(NC(=S)NNC(=O)CSc2cccc3cccnc23)cc1Cl. The van der Waals surface area contributed by atoms with Crippen molar-refractivity contribution in [1.29, 1.82) is 0 Å². The van der Waals surface area contributed by atoms with Crippen LogP contribution in [-0.2, 0) is 4.79 Å². The summed E-state index contributed by atoms with van der Waals surface area (Å²) in [6.45, 7) is 1.92. The maximum atomic E-state index is 12.1. The van der Waals surface area contributed by atoms with Gasteiger partial charge in [-0.3, -0.25) is 20.6 Å². The van der Waals surface area contributed by atoms with Gasteiger partial charge in [0.1, 0.15) is 0 Å². The number of nitrogens with one attached hydrogen (secondary N) is 3. The third kappa shape index (κ3) is 5.32. The average Bonchev–Trinajstić information content (AvgIpc) is 2.67. The van der Waals surface area contributed by atoms with Gasteiger partial charge in [-0.15, -0.1) is 11.8 Å². The number of carbonyl (C=O) groups excluding carboxylic acids is 1. The molecule has 3 rings (SSSR count). The zero-order valence-corrected chi connectivity index (χ0v) is 16.8. The quantitative estimate of drug-likeness (QED) is 0.334. The Morgan fingerprint density at radius 2 is 2.00 bits per heavy atom. The smallest absolute Gasteiger partial charge is 0.248 e. The molecule has 0 saturated heterocycles. The van der Waals surface area contributed by atoms with E-state index >= 15 is 0 Å². The van der Waals surface area contributed by atoms with Gasteiger partial charge in [0.05, 0.1) is 11.3 Å². The van der Waals surface area contributed by atoms with Gasteiger partial charge < -0.3 is 5.32 Å². The number of hydrazine groups is 1. The Balaban J connectivity index is 1.49. The molecule has 0 bridgehead atoms. The van der Waals surface area contributed by atoms with Crippen molar-refractivity contribution in [2.75, 3.05) is 11.1 Å². The Hall–Kier alpha value is -2.35. The topological polar surface area (TPSA) is 66.0 Å².